The summed E-state index contributed by atoms with van der Waals surface area (Å²) in [5.74, 6) is 0.479. The summed E-state index contributed by atoms with van der Waals surface area (Å²) in [6, 6.07) is 9.97. The first-order valence-electron chi connectivity index (χ1n) is 7.33. The fraction of sp³-hybridized carbons (Fsp3) is 0.235. The van der Waals surface area contributed by atoms with Crippen molar-refractivity contribution in [3.63, 3.8) is 0 Å². The van der Waals surface area contributed by atoms with Crippen LogP contribution in [0.5, 0.6) is 0 Å². The maximum absolute atomic E-state index is 12.1. The van der Waals surface area contributed by atoms with Gasteiger partial charge in [0.05, 0.1) is 12.0 Å². The zero-order chi connectivity index (χ0) is 16.4. The Kier molecular flexibility index (Phi) is 4.25. The third-order valence-corrected chi connectivity index (χ3v) is 4.81. The highest BCUT2D eigenvalue weighted by atomic mass is 32.1. The van der Waals surface area contributed by atoms with E-state index in [1.54, 1.807) is 6.92 Å². The van der Waals surface area contributed by atoms with Crippen LogP contribution in [0.25, 0.3) is 10.2 Å². The van der Waals surface area contributed by atoms with Gasteiger partial charge < -0.3 is 9.64 Å². The van der Waals surface area contributed by atoms with E-state index in [2.05, 4.69) is 9.97 Å². The van der Waals surface area contributed by atoms with Crippen molar-refractivity contribution in [2.45, 2.75) is 13.8 Å². The minimum Gasteiger partial charge on any atom is -0.462 e. The second-order valence-electron chi connectivity index (χ2n) is 5.05. The van der Waals surface area contributed by atoms with Crippen molar-refractivity contribution in [3.8, 4) is 0 Å². The monoisotopic (exact) mass is 327 g/mol. The number of hydrogen-bond acceptors (Lipinski definition) is 6. The average molecular weight is 327 g/mol. The summed E-state index contributed by atoms with van der Waals surface area (Å²) in [4.78, 5) is 24.2. The molecule has 2 aromatic heterocycles. The number of hydrogen-bond donors (Lipinski definition) is 0. The van der Waals surface area contributed by atoms with Gasteiger partial charge in [-0.3, -0.25) is 0 Å². The van der Waals surface area contributed by atoms with Gasteiger partial charge in [0, 0.05) is 12.7 Å². The number of carbonyl (C=O) groups excluding carboxylic acids is 1. The quantitative estimate of drug-likeness (QED) is 0.679. The molecule has 3 rings (SSSR count). The predicted molar refractivity (Wildman–Crippen MR) is 92.6 cm³/mol. The Hall–Kier alpha value is -2.47. The molecule has 0 radical (unpaired) electrons. The Bertz CT molecular complexity index is 846. The van der Waals surface area contributed by atoms with Crippen LogP contribution < -0.4 is 4.90 Å². The fourth-order valence-electron chi connectivity index (χ4n) is 2.47. The lowest BCUT2D eigenvalue weighted by atomic mass is 10.2. The average Bonchev–Trinajstić information content (AvgIpc) is 2.92. The number of aryl methyl sites for hydroxylation is 1. The summed E-state index contributed by atoms with van der Waals surface area (Å²) in [5, 5.41) is 0.895. The van der Waals surface area contributed by atoms with Crippen molar-refractivity contribution >= 4 is 39.0 Å². The highest BCUT2D eigenvalue weighted by molar-refractivity contribution is 7.20. The van der Waals surface area contributed by atoms with E-state index < -0.39 is 0 Å². The summed E-state index contributed by atoms with van der Waals surface area (Å²) in [6.07, 6.45) is 1.53. The molecule has 0 spiro atoms. The van der Waals surface area contributed by atoms with Gasteiger partial charge in [-0.25, -0.2) is 14.8 Å². The Balaban J connectivity index is 2.13. The second-order valence-corrected chi connectivity index (χ2v) is 6.05. The molecule has 0 N–H and O–H groups in total. The van der Waals surface area contributed by atoms with Crippen LogP contribution in [0.4, 0.5) is 11.5 Å². The molecule has 0 aliphatic carbocycles. The number of benzene rings is 1. The van der Waals surface area contributed by atoms with Gasteiger partial charge in [-0.2, -0.15) is 0 Å². The Morgan fingerprint density at radius 2 is 2.00 bits per heavy atom. The van der Waals surface area contributed by atoms with Gasteiger partial charge >= 0.3 is 5.97 Å². The molecule has 118 valence electrons. The molecular weight excluding hydrogens is 310 g/mol. The number of thiophene rings is 1. The third-order valence-electron chi connectivity index (χ3n) is 3.63. The molecule has 0 aliphatic heterocycles. The molecule has 0 saturated heterocycles. The van der Waals surface area contributed by atoms with Gasteiger partial charge in [-0.1, -0.05) is 18.2 Å². The van der Waals surface area contributed by atoms with Gasteiger partial charge in [0.1, 0.15) is 21.9 Å². The standard InChI is InChI=1S/C17H17N3O2S/c1-4-22-17(21)14-11(2)13-15(18-10-19-16(13)23-14)20(3)12-8-6-5-7-9-12/h5-10H,4H2,1-3H3. The van der Waals surface area contributed by atoms with Crippen molar-refractivity contribution in [1.82, 2.24) is 9.97 Å². The number of esters is 1. The van der Waals surface area contributed by atoms with Crippen molar-refractivity contribution < 1.29 is 9.53 Å². The van der Waals surface area contributed by atoms with Crippen LogP contribution in [0.3, 0.4) is 0 Å². The van der Waals surface area contributed by atoms with E-state index in [0.717, 1.165) is 27.3 Å². The lowest BCUT2D eigenvalue weighted by Crippen LogP contribution is -2.12. The first-order valence-corrected chi connectivity index (χ1v) is 8.15. The zero-order valence-electron chi connectivity index (χ0n) is 13.2. The van der Waals surface area contributed by atoms with Gasteiger partial charge in [-0.05, 0) is 31.5 Å². The van der Waals surface area contributed by atoms with Crippen LogP contribution in [-0.4, -0.2) is 29.6 Å². The van der Waals surface area contributed by atoms with Crippen molar-refractivity contribution in [2.24, 2.45) is 0 Å². The van der Waals surface area contributed by atoms with Crippen LogP contribution >= 0.6 is 11.3 Å². The summed E-state index contributed by atoms with van der Waals surface area (Å²) >= 11 is 1.35. The van der Waals surface area contributed by atoms with Gasteiger partial charge in [0.15, 0.2) is 0 Å². The van der Waals surface area contributed by atoms with Crippen LogP contribution in [-0.2, 0) is 4.74 Å². The summed E-state index contributed by atoms with van der Waals surface area (Å²) in [6.45, 7) is 4.07. The summed E-state index contributed by atoms with van der Waals surface area (Å²) in [7, 11) is 1.96. The Labute approximate surface area is 138 Å². The number of carbonyl (C=O) groups is 1. The number of para-hydroxylation sites is 1. The van der Waals surface area contributed by atoms with E-state index in [0.29, 0.717) is 11.5 Å². The van der Waals surface area contributed by atoms with Gasteiger partial charge in [-0.15, -0.1) is 11.3 Å². The smallest absolute Gasteiger partial charge is 0.348 e. The number of fused-ring (bicyclic) bond motifs is 1. The van der Waals surface area contributed by atoms with Crippen molar-refractivity contribution in [1.29, 1.82) is 0 Å². The molecular formula is C17H17N3O2S. The predicted octanol–water partition coefficient (Wildman–Crippen LogP) is 3.94. The van der Waals surface area contributed by atoms with Gasteiger partial charge in [0.25, 0.3) is 0 Å². The van der Waals surface area contributed by atoms with Crippen molar-refractivity contribution in [3.05, 3.63) is 47.1 Å². The zero-order valence-corrected chi connectivity index (χ0v) is 14.1. The van der Waals surface area contributed by atoms with Gasteiger partial charge in [0.2, 0.25) is 0 Å². The molecule has 0 atom stereocenters. The number of aromatic nitrogens is 2. The second kappa shape index (κ2) is 6.34. The van der Waals surface area contributed by atoms with E-state index in [1.807, 2.05) is 49.2 Å². The van der Waals surface area contributed by atoms with Crippen molar-refractivity contribution in [2.75, 3.05) is 18.6 Å². The molecule has 0 aliphatic rings. The molecule has 1 aromatic carbocycles. The minimum atomic E-state index is -0.304. The molecule has 0 amide bonds. The van der Waals surface area contributed by atoms with E-state index in [4.69, 9.17) is 4.74 Å². The van der Waals surface area contributed by atoms with Crippen LogP contribution in [0.2, 0.25) is 0 Å². The first-order chi connectivity index (χ1) is 11.1. The van der Waals surface area contributed by atoms with Crippen LogP contribution in [0, 0.1) is 6.92 Å². The Morgan fingerprint density at radius 1 is 1.26 bits per heavy atom. The molecule has 23 heavy (non-hydrogen) atoms. The fourth-order valence-corrected chi connectivity index (χ4v) is 3.51. The largest absolute Gasteiger partial charge is 0.462 e. The maximum atomic E-state index is 12.1. The SMILES string of the molecule is CCOC(=O)c1sc2ncnc(N(C)c3ccccc3)c2c1C. The lowest BCUT2D eigenvalue weighted by Gasteiger charge is -2.19. The molecule has 6 heteroatoms. The summed E-state index contributed by atoms with van der Waals surface area (Å²) < 4.78 is 5.13. The third kappa shape index (κ3) is 2.77. The first kappa shape index (κ1) is 15.4. The van der Waals surface area contributed by atoms with E-state index >= 15 is 0 Å². The Morgan fingerprint density at radius 3 is 2.70 bits per heavy atom. The topological polar surface area (TPSA) is 55.3 Å². The lowest BCUT2D eigenvalue weighted by molar-refractivity contribution is 0.0531. The molecule has 5 nitrogen and oxygen atoms in total. The van der Waals surface area contributed by atoms with E-state index in [9.17, 15) is 4.79 Å². The molecule has 3 aromatic rings. The maximum Gasteiger partial charge on any atom is 0.348 e. The van der Waals surface area contributed by atoms with Crippen LogP contribution in [0.1, 0.15) is 22.2 Å². The number of nitrogens with zero attached hydrogens (tertiary/aromatic N) is 3. The van der Waals surface area contributed by atoms with E-state index in [1.165, 1.54) is 17.7 Å². The molecule has 0 saturated carbocycles. The highest BCUT2D eigenvalue weighted by Gasteiger charge is 2.21. The van der Waals surface area contributed by atoms with E-state index in [-0.39, 0.29) is 5.97 Å². The minimum absolute atomic E-state index is 0.304. The number of rotatable bonds is 4. The number of anilines is 2. The normalized spacial score (nSPS) is 10.7. The highest BCUT2D eigenvalue weighted by Crippen LogP contribution is 2.36. The number of ether oxygens (including phenoxy) is 1. The molecule has 2 heterocycles. The van der Waals surface area contributed by atoms with Crippen LogP contribution in [0.15, 0.2) is 36.7 Å². The molecule has 0 fully saturated rings. The molecule has 0 bridgehead atoms. The summed E-state index contributed by atoms with van der Waals surface area (Å²) in [5.41, 5.74) is 1.89. The molecule has 0 unspecified atom stereocenters.